The van der Waals surface area contributed by atoms with E-state index >= 15 is 0 Å². The summed E-state index contributed by atoms with van der Waals surface area (Å²) >= 11 is 6.23. The predicted octanol–water partition coefficient (Wildman–Crippen LogP) is 5.58. The summed E-state index contributed by atoms with van der Waals surface area (Å²) in [5.41, 5.74) is 2.52. The second-order valence-electron chi connectivity index (χ2n) is 9.59. The molecule has 0 aliphatic heterocycles. The fourth-order valence-corrected chi connectivity index (χ4v) is 6.45. The van der Waals surface area contributed by atoms with Crippen LogP contribution in [0.15, 0.2) is 70.5 Å². The van der Waals surface area contributed by atoms with Crippen LogP contribution in [0.5, 0.6) is 0 Å². The predicted molar refractivity (Wildman–Crippen MR) is 141 cm³/mol. The molecule has 0 unspecified atom stereocenters. The molecule has 2 aliphatic carbocycles. The second kappa shape index (κ2) is 11.6. The summed E-state index contributed by atoms with van der Waals surface area (Å²) in [6.45, 7) is 7.99. The molecule has 0 aromatic heterocycles. The maximum absolute atomic E-state index is 12.8. The molecular weight excluding hydrogens is 517 g/mol. The van der Waals surface area contributed by atoms with Crippen LogP contribution >= 0.6 is 11.8 Å². The fraction of sp³-hybridized carbons (Fsp3) is 0.360. The van der Waals surface area contributed by atoms with Gasteiger partial charge in [-0.05, 0) is 70.8 Å². The molecule has 0 heterocycles. The minimum absolute atomic E-state index is 0. The van der Waals surface area contributed by atoms with Gasteiger partial charge in [-0.1, -0.05) is 70.2 Å². The third-order valence-corrected chi connectivity index (χ3v) is 9.04. The largest absolute Gasteiger partial charge is 0.295 e. The molecule has 1 radical (unpaired) electrons. The summed E-state index contributed by atoms with van der Waals surface area (Å²) in [6.07, 6.45) is 1.02. The summed E-state index contributed by atoms with van der Waals surface area (Å²) in [7, 11) is -8.24. The molecule has 0 spiro atoms. The number of rotatable bonds is 9. The van der Waals surface area contributed by atoms with E-state index < -0.39 is 25.6 Å². The van der Waals surface area contributed by atoms with Crippen molar-refractivity contribution in [2.75, 3.05) is 6.54 Å². The number of nitrogens with zero attached hydrogens (tertiary/aromatic N) is 1. The van der Waals surface area contributed by atoms with E-state index in [4.69, 9.17) is 11.8 Å². The summed E-state index contributed by atoms with van der Waals surface area (Å²) in [4.78, 5) is 0.000849. The van der Waals surface area contributed by atoms with E-state index in [1.807, 2.05) is 32.0 Å². The molecule has 3 rings (SSSR count). The van der Waals surface area contributed by atoms with E-state index in [-0.39, 0.29) is 51.8 Å². The normalized spacial score (nSPS) is 12.8. The zero-order chi connectivity index (χ0) is 25.3. The molecule has 0 amide bonds. The molecule has 0 bridgehead atoms. The number of aryl methyl sites for hydroxylation is 1. The molecule has 1 aromatic rings. The van der Waals surface area contributed by atoms with Gasteiger partial charge in [-0.2, -0.15) is 8.42 Å². The third kappa shape index (κ3) is 7.29. The molecule has 185 valence electrons. The van der Waals surface area contributed by atoms with Crippen molar-refractivity contribution in [2.24, 2.45) is 5.41 Å². The van der Waals surface area contributed by atoms with Crippen LogP contribution in [0, 0.1) is 5.41 Å². The summed E-state index contributed by atoms with van der Waals surface area (Å²) in [6, 6.07) is 17.0. The van der Waals surface area contributed by atoms with Crippen molar-refractivity contribution < 1.29 is 21.4 Å². The first-order chi connectivity index (χ1) is 15.7. The Balaban J connectivity index is 0.00000432. The third-order valence-electron chi connectivity index (χ3n) is 5.96. The van der Waals surface area contributed by atoms with E-state index in [1.165, 1.54) is 18.2 Å². The summed E-state index contributed by atoms with van der Waals surface area (Å²) < 4.78 is 60.3. The Labute approximate surface area is 236 Å². The van der Waals surface area contributed by atoms with Gasteiger partial charge in [-0.3, -0.25) is 4.55 Å². The van der Waals surface area contributed by atoms with Gasteiger partial charge in [0, 0.05) is 41.7 Å². The van der Waals surface area contributed by atoms with Gasteiger partial charge in [0.1, 0.15) is 4.90 Å². The first-order valence-electron chi connectivity index (χ1n) is 11.0. The Kier molecular flexibility index (Phi) is 10.0. The van der Waals surface area contributed by atoms with Crippen LogP contribution in [-0.2, 0) is 26.6 Å². The fourth-order valence-electron chi connectivity index (χ4n) is 3.89. The van der Waals surface area contributed by atoms with Crippen molar-refractivity contribution in [3.8, 4) is 11.1 Å². The Hall–Kier alpha value is -0.970. The van der Waals surface area contributed by atoms with E-state index in [1.54, 1.807) is 24.3 Å². The number of fused-ring (bicyclic) bond motifs is 1. The molecule has 35 heavy (non-hydrogen) atoms. The van der Waals surface area contributed by atoms with Crippen LogP contribution in [-0.4, -0.2) is 61.3 Å². The van der Waals surface area contributed by atoms with Gasteiger partial charge >= 0.3 is 0 Å². The standard InChI is InChI=1S/C25H30ClNO5S2.Na/c1-18(2)19-10-12-22-20(16-24(34(30,31)32)23(22)13-11-19)14-15-25(3,4)17-27(26)33(28,29)21-8-6-5-7-9-21;/h5-13,16,18H,14-15,17H2,1-4H3,(H,30,31,32);. The van der Waals surface area contributed by atoms with Gasteiger partial charge < -0.3 is 0 Å². The van der Waals surface area contributed by atoms with E-state index in [9.17, 15) is 21.4 Å². The Morgan fingerprint density at radius 3 is 2.06 bits per heavy atom. The quantitative estimate of drug-likeness (QED) is 0.215. The summed E-state index contributed by atoms with van der Waals surface area (Å²) in [5, 5.41) is 0. The maximum atomic E-state index is 12.8. The van der Waals surface area contributed by atoms with Crippen molar-refractivity contribution >= 4 is 61.5 Å². The molecule has 0 saturated heterocycles. The molecule has 10 heteroatoms. The average Bonchev–Trinajstić information content (AvgIpc) is 2.95. The zero-order valence-corrected chi connectivity index (χ0v) is 25.1. The number of sulfonamides is 1. The van der Waals surface area contributed by atoms with Gasteiger partial charge in [-0.25, -0.2) is 8.42 Å². The molecule has 6 nitrogen and oxygen atoms in total. The first-order valence-corrected chi connectivity index (χ1v) is 14.2. The van der Waals surface area contributed by atoms with E-state index in [0.29, 0.717) is 18.4 Å². The van der Waals surface area contributed by atoms with Gasteiger partial charge in [0.15, 0.2) is 0 Å². The van der Waals surface area contributed by atoms with Crippen molar-refractivity contribution in [3.63, 3.8) is 0 Å². The van der Waals surface area contributed by atoms with Crippen molar-refractivity contribution in [2.45, 2.75) is 56.2 Å². The topological polar surface area (TPSA) is 91.8 Å². The van der Waals surface area contributed by atoms with Crippen molar-refractivity contribution in [1.29, 1.82) is 0 Å². The van der Waals surface area contributed by atoms with Gasteiger partial charge in [-0.15, -0.1) is 3.82 Å². The van der Waals surface area contributed by atoms with Crippen LogP contribution in [0.1, 0.15) is 51.2 Å². The monoisotopic (exact) mass is 546 g/mol. The molecule has 1 N–H and O–H groups in total. The number of hydrogen-bond donors (Lipinski definition) is 1. The second-order valence-corrected chi connectivity index (χ2v) is 13.4. The van der Waals surface area contributed by atoms with Crippen LogP contribution in [0.4, 0.5) is 0 Å². The summed E-state index contributed by atoms with van der Waals surface area (Å²) in [5.74, 6) is 0.259. The molecule has 2 aliphatic rings. The Bertz CT molecular complexity index is 1340. The molecule has 0 atom stereocenters. The number of benzene rings is 1. The average molecular weight is 547 g/mol. The van der Waals surface area contributed by atoms with Gasteiger partial charge in [0.2, 0.25) is 0 Å². The Morgan fingerprint density at radius 1 is 0.943 bits per heavy atom. The maximum Gasteiger partial charge on any atom is 0.295 e. The van der Waals surface area contributed by atoms with Crippen molar-refractivity contribution in [1.82, 2.24) is 3.82 Å². The molecule has 1 aromatic carbocycles. The SMILES string of the molecule is CC(C)c1ccc2c(CCC(C)(C)CN(Cl)S(=O)(=O)c3ccccc3)cc(S(=O)(=O)O)c-2cc1.[Na]. The zero-order valence-electron chi connectivity index (χ0n) is 20.7. The first kappa shape index (κ1) is 30.3. The van der Waals surface area contributed by atoms with Gasteiger partial charge in [0.05, 0.1) is 4.90 Å². The van der Waals surface area contributed by atoms with E-state index in [2.05, 4.69) is 13.8 Å². The van der Waals surface area contributed by atoms with E-state index in [0.717, 1.165) is 20.5 Å². The van der Waals surface area contributed by atoms with Crippen LogP contribution in [0.2, 0.25) is 0 Å². The molecule has 0 saturated carbocycles. The minimum atomic E-state index is -4.40. The van der Waals surface area contributed by atoms with Gasteiger partial charge in [0.25, 0.3) is 20.1 Å². The smallest absolute Gasteiger partial charge is 0.282 e. The molecular formula is C25H30ClNNaO5S2. The van der Waals surface area contributed by atoms with Crippen molar-refractivity contribution in [3.05, 3.63) is 71.8 Å². The van der Waals surface area contributed by atoms with Crippen LogP contribution in [0.25, 0.3) is 11.1 Å². The molecule has 0 fully saturated rings. The Morgan fingerprint density at radius 2 is 1.51 bits per heavy atom. The number of hydrogen-bond acceptors (Lipinski definition) is 4. The number of halogens is 1. The van der Waals surface area contributed by atoms with Crippen LogP contribution < -0.4 is 0 Å². The minimum Gasteiger partial charge on any atom is -0.282 e. The van der Waals surface area contributed by atoms with Crippen LogP contribution in [0.3, 0.4) is 0 Å².